The van der Waals surface area contributed by atoms with Crippen molar-refractivity contribution >= 4 is 71.3 Å². The van der Waals surface area contributed by atoms with Crippen molar-refractivity contribution in [3.05, 3.63) is 212 Å². The predicted octanol–water partition coefficient (Wildman–Crippen LogP) is 15.5. The van der Waals surface area contributed by atoms with Crippen molar-refractivity contribution in [2.45, 2.75) is 0 Å². The summed E-state index contributed by atoms with van der Waals surface area (Å²) in [6.07, 6.45) is 0. The van der Waals surface area contributed by atoms with Crippen LogP contribution in [0.25, 0.3) is 87.6 Å². The largest absolute Gasteiger partial charge is 0.455 e. The molecule has 0 fully saturated rings. The fourth-order valence-electron chi connectivity index (χ4n) is 8.58. The predicted molar refractivity (Wildman–Crippen MR) is 237 cm³/mol. The Morgan fingerprint density at radius 3 is 1.70 bits per heavy atom. The Morgan fingerprint density at radius 1 is 0.304 bits per heavy atom. The second-order valence-electron chi connectivity index (χ2n) is 14.5. The van der Waals surface area contributed by atoms with Crippen molar-refractivity contribution in [3.63, 3.8) is 0 Å². The van der Waals surface area contributed by atoms with Gasteiger partial charge in [0.05, 0.1) is 0 Å². The molecule has 262 valence electrons. The van der Waals surface area contributed by atoms with Crippen LogP contribution in [0.15, 0.2) is 217 Å². The van der Waals surface area contributed by atoms with E-state index in [9.17, 15) is 0 Å². The monoisotopic (exact) mass is 713 g/mol. The van der Waals surface area contributed by atoms with Crippen molar-refractivity contribution in [1.29, 1.82) is 0 Å². The van der Waals surface area contributed by atoms with E-state index >= 15 is 0 Å². The molecule has 0 bridgehead atoms. The highest BCUT2D eigenvalue weighted by molar-refractivity contribution is 6.23. The molecule has 1 aromatic heterocycles. The van der Waals surface area contributed by atoms with Crippen LogP contribution in [0.3, 0.4) is 0 Å². The van der Waals surface area contributed by atoms with Gasteiger partial charge in [-0.05, 0) is 109 Å². The summed E-state index contributed by atoms with van der Waals surface area (Å²) in [5.41, 5.74) is 12.0. The zero-order valence-corrected chi connectivity index (χ0v) is 30.6. The summed E-state index contributed by atoms with van der Waals surface area (Å²) in [5.74, 6) is 0. The van der Waals surface area contributed by atoms with Crippen LogP contribution in [0.1, 0.15) is 0 Å². The molecule has 0 spiro atoms. The molecule has 2 heteroatoms. The Kier molecular flexibility index (Phi) is 7.53. The van der Waals surface area contributed by atoms with E-state index < -0.39 is 0 Å². The number of anilines is 3. The summed E-state index contributed by atoms with van der Waals surface area (Å²) in [4.78, 5) is 2.35. The van der Waals surface area contributed by atoms with Gasteiger partial charge in [0.15, 0.2) is 0 Å². The van der Waals surface area contributed by atoms with Gasteiger partial charge in [-0.2, -0.15) is 0 Å². The molecule has 0 aliphatic heterocycles. The van der Waals surface area contributed by atoms with Crippen molar-refractivity contribution in [3.8, 4) is 33.4 Å². The van der Waals surface area contributed by atoms with Crippen LogP contribution in [0.4, 0.5) is 17.1 Å². The van der Waals surface area contributed by atoms with Gasteiger partial charge in [0.2, 0.25) is 0 Å². The van der Waals surface area contributed by atoms with Crippen molar-refractivity contribution < 1.29 is 4.42 Å². The van der Waals surface area contributed by atoms with Crippen LogP contribution < -0.4 is 4.90 Å². The number of benzene rings is 10. The zero-order valence-electron chi connectivity index (χ0n) is 30.6. The van der Waals surface area contributed by atoms with Gasteiger partial charge in [0.1, 0.15) is 11.2 Å². The fourth-order valence-corrected chi connectivity index (χ4v) is 8.58. The normalized spacial score (nSPS) is 11.6. The van der Waals surface area contributed by atoms with Crippen LogP contribution in [-0.2, 0) is 0 Å². The second-order valence-corrected chi connectivity index (χ2v) is 14.5. The lowest BCUT2D eigenvalue weighted by Crippen LogP contribution is -2.10. The van der Waals surface area contributed by atoms with Gasteiger partial charge in [-0.1, -0.05) is 164 Å². The highest BCUT2D eigenvalue weighted by Crippen LogP contribution is 2.43. The minimum Gasteiger partial charge on any atom is -0.455 e. The summed E-state index contributed by atoms with van der Waals surface area (Å²) < 4.78 is 6.48. The van der Waals surface area contributed by atoms with Gasteiger partial charge in [0.25, 0.3) is 0 Å². The molecular weight excluding hydrogens is 679 g/mol. The maximum atomic E-state index is 6.48. The number of fused-ring (bicyclic) bond motifs is 8. The summed E-state index contributed by atoms with van der Waals surface area (Å²) in [6.45, 7) is 0. The van der Waals surface area contributed by atoms with Crippen LogP contribution in [0, 0.1) is 0 Å². The van der Waals surface area contributed by atoms with E-state index in [1.54, 1.807) is 0 Å². The molecule has 0 aliphatic rings. The third kappa shape index (κ3) is 5.34. The van der Waals surface area contributed by atoms with Gasteiger partial charge in [0, 0.05) is 33.4 Å². The Morgan fingerprint density at radius 2 is 0.893 bits per heavy atom. The molecule has 11 aromatic rings. The van der Waals surface area contributed by atoms with E-state index in [1.165, 1.54) is 54.6 Å². The van der Waals surface area contributed by atoms with Crippen LogP contribution in [0.2, 0.25) is 0 Å². The average molecular weight is 714 g/mol. The summed E-state index contributed by atoms with van der Waals surface area (Å²) in [5, 5.41) is 9.89. The van der Waals surface area contributed by atoms with E-state index in [2.05, 4.69) is 205 Å². The van der Waals surface area contributed by atoms with E-state index in [4.69, 9.17) is 4.42 Å². The molecule has 1 heterocycles. The van der Waals surface area contributed by atoms with Crippen molar-refractivity contribution in [1.82, 2.24) is 0 Å². The van der Waals surface area contributed by atoms with Crippen LogP contribution in [0.5, 0.6) is 0 Å². The summed E-state index contributed by atoms with van der Waals surface area (Å²) in [6, 6.07) is 76.4. The number of rotatable bonds is 6. The maximum Gasteiger partial charge on any atom is 0.143 e. The first-order valence-corrected chi connectivity index (χ1v) is 19.2. The lowest BCUT2D eigenvalue weighted by Gasteiger charge is -2.26. The van der Waals surface area contributed by atoms with Gasteiger partial charge in [-0.25, -0.2) is 0 Å². The smallest absolute Gasteiger partial charge is 0.143 e. The van der Waals surface area contributed by atoms with Crippen molar-refractivity contribution in [2.75, 3.05) is 4.90 Å². The third-order valence-electron chi connectivity index (χ3n) is 11.2. The molecule has 2 nitrogen and oxygen atoms in total. The first-order chi connectivity index (χ1) is 27.8. The summed E-state index contributed by atoms with van der Waals surface area (Å²) >= 11 is 0. The Labute approximate surface area is 325 Å². The Hall–Kier alpha value is -7.42. The van der Waals surface area contributed by atoms with E-state index in [0.29, 0.717) is 0 Å². The SMILES string of the molecule is c1ccc(-c2ccc(N(c3ccc(-c4cc5ccc6ccccc6c5c5ccccc45)cc3)c3cccc(-c4cccc5c4oc4ccccc45)c3)cc2)cc1. The highest BCUT2D eigenvalue weighted by Gasteiger charge is 2.18. The number of hydrogen-bond acceptors (Lipinski definition) is 2. The molecule has 0 N–H and O–H groups in total. The lowest BCUT2D eigenvalue weighted by atomic mass is 9.90. The standard InChI is InChI=1S/C54H35NO/c1-2-12-36(13-3-1)37-26-30-42(31-27-37)55(44-16-10-15-40(34-44)46-21-11-22-50-48-19-8-9-23-52(48)56-54(46)50)43-32-28-39(29-33-43)51-35-41-25-24-38-14-4-5-17-45(38)53(41)49-20-7-6-18-47(49)51/h1-35H. The van der Waals surface area contributed by atoms with E-state index in [1.807, 2.05) is 12.1 Å². The zero-order chi connectivity index (χ0) is 37.0. The highest BCUT2D eigenvalue weighted by atomic mass is 16.3. The first kappa shape index (κ1) is 32.0. The molecule has 0 amide bonds. The molecule has 0 unspecified atom stereocenters. The third-order valence-corrected chi connectivity index (χ3v) is 11.2. The summed E-state index contributed by atoms with van der Waals surface area (Å²) in [7, 11) is 0. The molecule has 0 radical (unpaired) electrons. The van der Waals surface area contributed by atoms with Gasteiger partial charge in [-0.3, -0.25) is 0 Å². The van der Waals surface area contributed by atoms with Gasteiger partial charge < -0.3 is 9.32 Å². The molecule has 0 saturated heterocycles. The molecule has 0 aliphatic carbocycles. The molecular formula is C54H35NO. The molecule has 11 rings (SSSR count). The average Bonchev–Trinajstić information content (AvgIpc) is 3.66. The molecule has 0 atom stereocenters. The van der Waals surface area contributed by atoms with Gasteiger partial charge in [-0.15, -0.1) is 0 Å². The van der Waals surface area contributed by atoms with E-state index in [0.717, 1.165) is 50.1 Å². The quantitative estimate of drug-likeness (QED) is 0.160. The maximum absolute atomic E-state index is 6.48. The first-order valence-electron chi connectivity index (χ1n) is 19.2. The fraction of sp³-hybridized carbons (Fsp3) is 0. The lowest BCUT2D eigenvalue weighted by molar-refractivity contribution is 0.670. The number of nitrogens with zero attached hydrogens (tertiary/aromatic N) is 1. The van der Waals surface area contributed by atoms with Crippen LogP contribution in [-0.4, -0.2) is 0 Å². The topological polar surface area (TPSA) is 16.4 Å². The molecule has 0 saturated carbocycles. The minimum atomic E-state index is 0.902. The van der Waals surface area contributed by atoms with Gasteiger partial charge >= 0.3 is 0 Å². The number of furan rings is 1. The minimum absolute atomic E-state index is 0.902. The second kappa shape index (κ2) is 13.2. The number of para-hydroxylation sites is 2. The van der Waals surface area contributed by atoms with Crippen LogP contribution >= 0.6 is 0 Å². The number of hydrogen-bond donors (Lipinski definition) is 0. The Balaban J connectivity index is 1.05. The molecule has 10 aromatic carbocycles. The van der Waals surface area contributed by atoms with Crippen molar-refractivity contribution in [2.24, 2.45) is 0 Å². The van der Waals surface area contributed by atoms with E-state index in [-0.39, 0.29) is 0 Å². The Bertz CT molecular complexity index is 3230. The molecule has 56 heavy (non-hydrogen) atoms.